The van der Waals surface area contributed by atoms with Gasteiger partial charge in [0.1, 0.15) is 36.3 Å². The Balaban J connectivity index is 1.60. The van der Waals surface area contributed by atoms with Crippen molar-refractivity contribution in [3.63, 3.8) is 0 Å². The van der Waals surface area contributed by atoms with Crippen molar-refractivity contribution in [2.24, 2.45) is 27.9 Å². The second-order valence-corrected chi connectivity index (χ2v) is 16.3. The average molecular weight is 925 g/mol. The fourth-order valence-electron chi connectivity index (χ4n) is 7.52. The number of aliphatic carboxylic acids is 1. The zero-order valence-electron chi connectivity index (χ0n) is 37.1. The summed E-state index contributed by atoms with van der Waals surface area (Å²) < 4.78 is 0. The van der Waals surface area contributed by atoms with Crippen LogP contribution in [0.25, 0.3) is 10.9 Å². The lowest BCUT2D eigenvalue weighted by Crippen LogP contribution is -2.60. The predicted octanol–water partition coefficient (Wildman–Crippen LogP) is -3.55. The van der Waals surface area contributed by atoms with Crippen LogP contribution in [-0.4, -0.2) is 157 Å². The summed E-state index contributed by atoms with van der Waals surface area (Å²) in [4.78, 5) is 111. The Hall–Kier alpha value is -6.63. The Morgan fingerprint density at radius 1 is 0.833 bits per heavy atom. The molecule has 24 heteroatoms. The number of amides is 6. The molecular weight excluding hydrogens is 861 g/mol. The number of likely N-dealkylation sites (tertiary alicyclic amines) is 1. The van der Waals surface area contributed by atoms with Crippen molar-refractivity contribution in [1.29, 1.82) is 0 Å². The number of fused-ring (bicyclic) bond motifs is 1. The molecule has 1 fully saturated rings. The fourth-order valence-corrected chi connectivity index (χ4v) is 7.52. The summed E-state index contributed by atoms with van der Waals surface area (Å²) >= 11 is 0. The van der Waals surface area contributed by atoms with E-state index in [1.165, 1.54) is 31.3 Å². The monoisotopic (exact) mass is 924 g/mol. The van der Waals surface area contributed by atoms with Gasteiger partial charge >= 0.3 is 5.97 Å². The smallest absolute Gasteiger partial charge is 0.328 e. The van der Waals surface area contributed by atoms with Gasteiger partial charge in [0.25, 0.3) is 0 Å². The van der Waals surface area contributed by atoms with Crippen molar-refractivity contribution in [1.82, 2.24) is 46.4 Å². The van der Waals surface area contributed by atoms with Crippen molar-refractivity contribution in [2.45, 2.75) is 126 Å². The first-order chi connectivity index (χ1) is 31.4. The first-order valence-electron chi connectivity index (χ1n) is 21.9. The highest BCUT2D eigenvalue weighted by Crippen LogP contribution is 2.23. The van der Waals surface area contributed by atoms with Crippen molar-refractivity contribution >= 4 is 58.3 Å². The molecule has 4 rings (SSSR count). The number of aliphatic imine (C=N–C) groups is 1. The van der Waals surface area contributed by atoms with E-state index in [2.05, 4.69) is 46.5 Å². The third-order valence-electron chi connectivity index (χ3n) is 11.2. The number of hydrogen-bond donors (Lipinski definition) is 14. The molecule has 18 N–H and O–H groups in total. The van der Waals surface area contributed by atoms with Crippen LogP contribution in [0.15, 0.2) is 48.0 Å². The number of carbonyl (C=O) groups excluding carboxylic acids is 6. The van der Waals surface area contributed by atoms with Crippen LogP contribution in [0.5, 0.6) is 0 Å². The van der Waals surface area contributed by atoms with Crippen LogP contribution in [0.1, 0.15) is 70.1 Å². The molecule has 1 aliphatic heterocycles. The van der Waals surface area contributed by atoms with Gasteiger partial charge in [-0.25, -0.2) is 9.78 Å². The lowest BCUT2D eigenvalue weighted by atomic mass is 10.0. The molecule has 3 aromatic rings. The number of rotatable bonds is 26. The van der Waals surface area contributed by atoms with E-state index in [4.69, 9.17) is 22.9 Å². The zero-order valence-corrected chi connectivity index (χ0v) is 37.1. The minimum Gasteiger partial charge on any atom is -0.480 e. The lowest BCUT2D eigenvalue weighted by molar-refractivity contribution is -0.145. The highest BCUT2D eigenvalue weighted by Gasteiger charge is 2.40. The molecule has 0 radical (unpaired) electrons. The number of carboxylic acids is 1. The highest BCUT2D eigenvalue weighted by atomic mass is 16.4. The minimum absolute atomic E-state index is 0.0204. The van der Waals surface area contributed by atoms with Gasteiger partial charge < -0.3 is 79.7 Å². The summed E-state index contributed by atoms with van der Waals surface area (Å²) in [6, 6.07) is -2.11. The van der Waals surface area contributed by atoms with E-state index in [-0.39, 0.29) is 57.6 Å². The number of guanidine groups is 1. The first kappa shape index (κ1) is 52.0. The molecule has 0 spiro atoms. The quantitative estimate of drug-likeness (QED) is 0.0211. The molecule has 9 atom stereocenters. The lowest BCUT2D eigenvalue weighted by Gasteiger charge is -2.31. The molecule has 0 aliphatic carbocycles. The molecule has 1 aliphatic rings. The second kappa shape index (κ2) is 25.2. The van der Waals surface area contributed by atoms with Gasteiger partial charge in [-0.1, -0.05) is 18.2 Å². The number of aliphatic hydroxyl groups is 2. The number of carboxylic acid groups (broad SMARTS) is 1. The average Bonchev–Trinajstić information content (AvgIpc) is 4.07. The van der Waals surface area contributed by atoms with Gasteiger partial charge in [0.15, 0.2) is 12.0 Å². The standard InChI is InChI=1S/C42H64N14O10/c1-22(57)33(44)39(63)51-28(11-5-6-14-43)35(59)53-31(18-25-20-47-21-50-25)36(60)52-29(12-7-15-48-42(45)46)40(64)56-16-8-13-32(56)38(62)54-30(37(61)55-34(23(2)58)41(65)66)17-24-19-49-27-10-4-3-9-26(24)27/h3-4,9-10,19-23,28-34,49,57-58H,5-8,11-18,43-44H2,1-2H3,(H,47,50)(H,51,63)(H,52,60)(H,53,59)(H,54,62)(H,55,61)(H,65,66)(H4,45,46,48)/t22-,23-,28+,29+,30+,31+,32+,33+,34+/m1/s1. The number of nitrogens with one attached hydrogen (secondary N) is 7. The molecule has 1 aromatic carbocycles. The van der Waals surface area contributed by atoms with Crippen molar-refractivity contribution < 1.29 is 48.9 Å². The van der Waals surface area contributed by atoms with Gasteiger partial charge in [-0.2, -0.15) is 0 Å². The van der Waals surface area contributed by atoms with Crippen molar-refractivity contribution in [2.75, 3.05) is 19.6 Å². The third kappa shape index (κ3) is 15.0. The summed E-state index contributed by atoms with van der Waals surface area (Å²) in [5, 5.41) is 43.5. The summed E-state index contributed by atoms with van der Waals surface area (Å²) in [6.45, 7) is 3.01. The Bertz CT molecular complexity index is 2140. The third-order valence-corrected chi connectivity index (χ3v) is 11.2. The zero-order chi connectivity index (χ0) is 48.5. The maximum absolute atomic E-state index is 14.6. The van der Waals surface area contributed by atoms with E-state index in [0.29, 0.717) is 37.1 Å². The summed E-state index contributed by atoms with van der Waals surface area (Å²) in [5.74, 6) is -6.30. The van der Waals surface area contributed by atoms with E-state index in [9.17, 15) is 48.9 Å². The van der Waals surface area contributed by atoms with Crippen LogP contribution in [0.4, 0.5) is 0 Å². The Labute approximate surface area is 380 Å². The summed E-state index contributed by atoms with van der Waals surface area (Å²) in [6.07, 6.45) is 3.33. The van der Waals surface area contributed by atoms with E-state index >= 15 is 0 Å². The number of H-pyrrole nitrogens is 2. The van der Waals surface area contributed by atoms with Gasteiger partial charge in [0.05, 0.1) is 18.5 Å². The molecular formula is C42H64N14O10. The van der Waals surface area contributed by atoms with E-state index in [0.717, 1.165) is 10.9 Å². The van der Waals surface area contributed by atoms with Gasteiger partial charge in [0.2, 0.25) is 35.4 Å². The summed E-state index contributed by atoms with van der Waals surface area (Å²) in [5.41, 5.74) is 24.4. The molecule has 3 heterocycles. The number of nitrogens with two attached hydrogens (primary N) is 4. The second-order valence-electron chi connectivity index (χ2n) is 16.3. The molecule has 2 aromatic heterocycles. The van der Waals surface area contributed by atoms with E-state index < -0.39 is 95.9 Å². The number of benzene rings is 1. The number of hydrogen-bond acceptors (Lipinski definition) is 13. The van der Waals surface area contributed by atoms with Crippen LogP contribution in [0, 0.1) is 0 Å². The number of aliphatic hydroxyl groups excluding tert-OH is 2. The first-order valence-corrected chi connectivity index (χ1v) is 21.9. The van der Waals surface area contributed by atoms with Gasteiger partial charge in [-0.15, -0.1) is 0 Å². The number of imidazole rings is 1. The molecule has 1 saturated heterocycles. The Morgan fingerprint density at radius 3 is 2.14 bits per heavy atom. The summed E-state index contributed by atoms with van der Waals surface area (Å²) in [7, 11) is 0. The maximum atomic E-state index is 14.6. The Kier molecular flexibility index (Phi) is 19.8. The number of unbranched alkanes of at least 4 members (excludes halogenated alkanes) is 1. The number of aromatic amines is 2. The number of carbonyl (C=O) groups is 7. The van der Waals surface area contributed by atoms with Crippen LogP contribution < -0.4 is 49.5 Å². The molecule has 0 saturated carbocycles. The number of aromatic nitrogens is 3. The van der Waals surface area contributed by atoms with Gasteiger partial charge in [-0.3, -0.25) is 33.8 Å². The number of para-hydroxylation sites is 1. The van der Waals surface area contributed by atoms with Crippen LogP contribution in [0.2, 0.25) is 0 Å². The van der Waals surface area contributed by atoms with Crippen molar-refractivity contribution in [3.8, 4) is 0 Å². The van der Waals surface area contributed by atoms with Gasteiger partial charge in [-0.05, 0) is 77.0 Å². The van der Waals surface area contributed by atoms with Crippen LogP contribution in [0.3, 0.4) is 0 Å². The van der Waals surface area contributed by atoms with Gasteiger partial charge in [0, 0.05) is 54.9 Å². The molecule has 6 amide bonds. The highest BCUT2D eigenvalue weighted by molar-refractivity contribution is 5.98. The molecule has 0 unspecified atom stereocenters. The maximum Gasteiger partial charge on any atom is 0.328 e. The number of nitrogens with zero attached hydrogens (tertiary/aromatic N) is 3. The minimum atomic E-state index is -1.69. The topological polar surface area (TPSA) is 404 Å². The van der Waals surface area contributed by atoms with Crippen molar-refractivity contribution in [3.05, 3.63) is 54.2 Å². The largest absolute Gasteiger partial charge is 0.480 e. The van der Waals surface area contributed by atoms with E-state index in [1.54, 1.807) is 12.3 Å². The molecule has 66 heavy (non-hydrogen) atoms. The molecule has 0 bridgehead atoms. The van der Waals surface area contributed by atoms with Crippen LogP contribution in [-0.2, 0) is 46.4 Å². The molecule has 24 nitrogen and oxygen atoms in total. The molecule has 362 valence electrons. The van der Waals surface area contributed by atoms with E-state index in [1.807, 2.05) is 18.2 Å². The SMILES string of the molecule is C[C@@H](O)[C@H](N)C(=O)N[C@@H](CCCCN)C(=O)N[C@@H](Cc1cnc[nH]1)C(=O)N[C@@H](CCCN=C(N)N)C(=O)N1CCC[C@H]1C(=O)N[C@@H](Cc1c[nH]c2ccccc12)C(=O)N[C@H](C(=O)O)[C@@H](C)O. The normalized spacial score (nSPS) is 17.2. The van der Waals surface area contributed by atoms with Crippen LogP contribution >= 0.6 is 0 Å². The fraction of sp³-hybridized carbons (Fsp3) is 0.548. The Morgan fingerprint density at radius 2 is 1.48 bits per heavy atom. The predicted molar refractivity (Wildman–Crippen MR) is 240 cm³/mol.